The molecule has 8 heteroatoms. The lowest BCUT2D eigenvalue weighted by Gasteiger charge is -2.26. The van der Waals surface area contributed by atoms with E-state index in [0.717, 1.165) is 24.8 Å². The zero-order valence-electron chi connectivity index (χ0n) is 13.6. The molecule has 1 aliphatic rings. The van der Waals surface area contributed by atoms with Gasteiger partial charge in [0, 0.05) is 30.7 Å². The largest absolute Gasteiger partial charge is 0.334 e. The quantitative estimate of drug-likeness (QED) is 0.735. The van der Waals surface area contributed by atoms with E-state index in [-0.39, 0.29) is 17.0 Å². The van der Waals surface area contributed by atoms with Crippen LogP contribution in [0.4, 0.5) is 10.5 Å². The van der Waals surface area contributed by atoms with Gasteiger partial charge in [0.15, 0.2) is 0 Å². The zero-order chi connectivity index (χ0) is 17.7. The molecule has 0 bridgehead atoms. The highest BCUT2D eigenvalue weighted by Gasteiger charge is 2.24. The van der Waals surface area contributed by atoms with Crippen LogP contribution < -0.4 is 15.4 Å². The molecule has 0 unspecified atom stereocenters. The molecule has 1 aromatic carbocycles. The van der Waals surface area contributed by atoms with Crippen molar-refractivity contribution in [2.45, 2.75) is 36.7 Å². The molecule has 0 radical (unpaired) electrons. The highest BCUT2D eigenvalue weighted by molar-refractivity contribution is 7.89. The Hall–Kier alpha value is -2.45. The van der Waals surface area contributed by atoms with Crippen molar-refractivity contribution in [2.24, 2.45) is 0 Å². The van der Waals surface area contributed by atoms with Gasteiger partial charge in [-0.15, -0.1) is 0 Å². The fraction of sp³-hybridized carbons (Fsp3) is 0.294. The average Bonchev–Trinajstić information content (AvgIpc) is 2.58. The van der Waals surface area contributed by atoms with E-state index in [2.05, 4.69) is 20.3 Å². The summed E-state index contributed by atoms with van der Waals surface area (Å²) in [5.74, 6) is 0. The first-order chi connectivity index (χ1) is 12.0. The van der Waals surface area contributed by atoms with Crippen LogP contribution in [0.2, 0.25) is 0 Å². The summed E-state index contributed by atoms with van der Waals surface area (Å²) in [6.07, 6.45) is 6.15. The number of carbonyl (C=O) groups excluding carboxylic acids is 1. The number of urea groups is 1. The number of hydrogen-bond donors (Lipinski definition) is 3. The van der Waals surface area contributed by atoms with Crippen LogP contribution >= 0.6 is 0 Å². The number of nitrogens with zero attached hydrogens (tertiary/aromatic N) is 1. The number of benzene rings is 1. The molecule has 3 N–H and O–H groups in total. The first-order valence-electron chi connectivity index (χ1n) is 8.09. The van der Waals surface area contributed by atoms with Crippen LogP contribution in [0.5, 0.6) is 0 Å². The summed E-state index contributed by atoms with van der Waals surface area (Å²) in [6, 6.07) is 9.42. The van der Waals surface area contributed by atoms with Crippen LogP contribution in [-0.4, -0.2) is 25.5 Å². The highest BCUT2D eigenvalue weighted by Crippen LogP contribution is 2.21. The maximum atomic E-state index is 12.2. The SMILES string of the molecule is O=C(NCc1ccncc1)Nc1ccc(S(=O)(=O)NC2CCC2)cc1. The number of hydrogen-bond acceptors (Lipinski definition) is 4. The number of amides is 2. The zero-order valence-corrected chi connectivity index (χ0v) is 14.4. The van der Waals surface area contributed by atoms with Crippen molar-refractivity contribution < 1.29 is 13.2 Å². The van der Waals surface area contributed by atoms with Crippen molar-refractivity contribution in [3.05, 3.63) is 54.4 Å². The Morgan fingerprint density at radius 2 is 1.76 bits per heavy atom. The lowest BCUT2D eigenvalue weighted by molar-refractivity contribution is 0.251. The number of rotatable bonds is 6. The molecule has 2 amide bonds. The first-order valence-corrected chi connectivity index (χ1v) is 9.57. The Kier molecular flexibility index (Phi) is 5.30. The molecule has 7 nitrogen and oxygen atoms in total. The van der Waals surface area contributed by atoms with Crippen molar-refractivity contribution in [3.63, 3.8) is 0 Å². The Morgan fingerprint density at radius 3 is 2.36 bits per heavy atom. The molecule has 0 aliphatic heterocycles. The molecule has 1 saturated carbocycles. The fourth-order valence-electron chi connectivity index (χ4n) is 2.39. The summed E-state index contributed by atoms with van der Waals surface area (Å²) in [4.78, 5) is 16.0. The minimum absolute atomic E-state index is 0.0433. The van der Waals surface area contributed by atoms with Crippen LogP contribution in [-0.2, 0) is 16.6 Å². The summed E-state index contributed by atoms with van der Waals surface area (Å²) >= 11 is 0. The number of nitrogens with one attached hydrogen (secondary N) is 3. The van der Waals surface area contributed by atoms with Crippen molar-refractivity contribution in [1.82, 2.24) is 15.0 Å². The second-order valence-electron chi connectivity index (χ2n) is 5.94. The lowest BCUT2D eigenvalue weighted by Crippen LogP contribution is -2.39. The second-order valence-corrected chi connectivity index (χ2v) is 7.65. The van der Waals surface area contributed by atoms with Gasteiger partial charge in [-0.05, 0) is 54.8 Å². The number of aromatic nitrogens is 1. The van der Waals surface area contributed by atoms with Gasteiger partial charge in [-0.2, -0.15) is 0 Å². The van der Waals surface area contributed by atoms with E-state index in [1.807, 2.05) is 12.1 Å². The Labute approximate surface area is 146 Å². The van der Waals surface area contributed by atoms with E-state index in [0.29, 0.717) is 12.2 Å². The predicted molar refractivity (Wildman–Crippen MR) is 94.5 cm³/mol. The molecule has 1 fully saturated rings. The van der Waals surface area contributed by atoms with Gasteiger partial charge >= 0.3 is 6.03 Å². The number of pyridine rings is 1. The Balaban J connectivity index is 1.54. The monoisotopic (exact) mass is 360 g/mol. The van der Waals surface area contributed by atoms with E-state index in [9.17, 15) is 13.2 Å². The summed E-state index contributed by atoms with van der Waals surface area (Å²) in [6.45, 7) is 0.381. The maximum absolute atomic E-state index is 12.2. The third-order valence-electron chi connectivity index (χ3n) is 4.05. The molecule has 1 heterocycles. The van der Waals surface area contributed by atoms with Crippen LogP contribution in [0.15, 0.2) is 53.7 Å². The van der Waals surface area contributed by atoms with E-state index in [1.54, 1.807) is 24.5 Å². The van der Waals surface area contributed by atoms with Gasteiger partial charge in [-0.3, -0.25) is 4.98 Å². The van der Waals surface area contributed by atoms with Crippen molar-refractivity contribution >= 4 is 21.7 Å². The van der Waals surface area contributed by atoms with Gasteiger partial charge in [0.25, 0.3) is 0 Å². The Bertz CT molecular complexity index is 819. The number of carbonyl (C=O) groups is 1. The molecule has 0 spiro atoms. The van der Waals surface area contributed by atoms with E-state index < -0.39 is 10.0 Å². The molecule has 0 atom stereocenters. The normalized spacial score (nSPS) is 14.6. The van der Waals surface area contributed by atoms with Crippen LogP contribution in [0.1, 0.15) is 24.8 Å². The first kappa shape index (κ1) is 17.4. The number of sulfonamides is 1. The van der Waals surface area contributed by atoms with Crippen molar-refractivity contribution in [2.75, 3.05) is 5.32 Å². The molecule has 0 saturated heterocycles. The second kappa shape index (κ2) is 7.62. The van der Waals surface area contributed by atoms with Crippen LogP contribution in [0, 0.1) is 0 Å². The van der Waals surface area contributed by atoms with E-state index in [4.69, 9.17) is 0 Å². The molecule has 3 rings (SSSR count). The molecule has 1 aromatic heterocycles. The Morgan fingerprint density at radius 1 is 1.08 bits per heavy atom. The molecular weight excluding hydrogens is 340 g/mol. The van der Waals surface area contributed by atoms with Crippen LogP contribution in [0.3, 0.4) is 0 Å². The van der Waals surface area contributed by atoms with Gasteiger partial charge in [-0.25, -0.2) is 17.9 Å². The maximum Gasteiger partial charge on any atom is 0.319 e. The predicted octanol–water partition coefficient (Wildman–Crippen LogP) is 2.23. The molecule has 1 aliphatic carbocycles. The van der Waals surface area contributed by atoms with Crippen molar-refractivity contribution in [1.29, 1.82) is 0 Å². The minimum atomic E-state index is -3.50. The third-order valence-corrected chi connectivity index (χ3v) is 5.59. The molecular formula is C17H20N4O3S. The fourth-order valence-corrected chi connectivity index (χ4v) is 3.69. The summed E-state index contributed by atoms with van der Waals surface area (Å²) in [5.41, 5.74) is 1.46. The van der Waals surface area contributed by atoms with Crippen molar-refractivity contribution in [3.8, 4) is 0 Å². The molecule has 25 heavy (non-hydrogen) atoms. The van der Waals surface area contributed by atoms with Gasteiger partial charge in [0.2, 0.25) is 10.0 Å². The molecule has 132 valence electrons. The lowest BCUT2D eigenvalue weighted by atomic mass is 9.94. The topological polar surface area (TPSA) is 100 Å². The third kappa shape index (κ3) is 4.77. The summed E-state index contributed by atoms with van der Waals surface area (Å²) < 4.78 is 27.1. The van der Waals surface area contributed by atoms with Gasteiger partial charge in [0.05, 0.1) is 4.90 Å². The summed E-state index contributed by atoms with van der Waals surface area (Å²) in [7, 11) is -3.50. The van der Waals surface area contributed by atoms with Gasteiger partial charge in [-0.1, -0.05) is 6.42 Å². The minimum Gasteiger partial charge on any atom is -0.334 e. The standard InChI is InChI=1S/C17H20N4O3S/c22-17(19-12-13-8-10-18-11-9-13)20-14-4-6-16(7-5-14)25(23,24)21-15-2-1-3-15/h4-11,15,21H,1-3,12H2,(H2,19,20,22). The average molecular weight is 360 g/mol. The van der Waals surface area contributed by atoms with Gasteiger partial charge < -0.3 is 10.6 Å². The summed E-state index contributed by atoms with van der Waals surface area (Å²) in [5, 5.41) is 5.40. The molecule has 2 aromatic rings. The van der Waals surface area contributed by atoms with Crippen LogP contribution in [0.25, 0.3) is 0 Å². The smallest absolute Gasteiger partial charge is 0.319 e. The highest BCUT2D eigenvalue weighted by atomic mass is 32.2. The van der Waals surface area contributed by atoms with E-state index in [1.165, 1.54) is 12.1 Å². The van der Waals surface area contributed by atoms with Gasteiger partial charge in [0.1, 0.15) is 0 Å². The van der Waals surface area contributed by atoms with E-state index >= 15 is 0 Å². The number of anilines is 1.